The van der Waals surface area contributed by atoms with Gasteiger partial charge in [-0.1, -0.05) is 42.5 Å². The highest BCUT2D eigenvalue weighted by molar-refractivity contribution is 7.14. The second-order valence-corrected chi connectivity index (χ2v) is 6.42. The molecule has 0 spiro atoms. The van der Waals surface area contributed by atoms with Gasteiger partial charge in [-0.25, -0.2) is 9.78 Å². The molecule has 4 nitrogen and oxygen atoms in total. The molecule has 5 heteroatoms. The second kappa shape index (κ2) is 7.94. The van der Waals surface area contributed by atoms with Crippen LogP contribution in [-0.2, 0) is 11.3 Å². The molecule has 0 N–H and O–H groups in total. The van der Waals surface area contributed by atoms with E-state index < -0.39 is 0 Å². The largest absolute Gasteiger partial charge is 0.465 e. The molecule has 0 aliphatic rings. The Kier molecular flexibility index (Phi) is 5.46. The molecule has 3 aromatic rings. The fourth-order valence-electron chi connectivity index (χ4n) is 2.55. The molecule has 128 valence electrons. The molecule has 25 heavy (non-hydrogen) atoms. The smallest absolute Gasteiger partial charge is 0.337 e. The van der Waals surface area contributed by atoms with Crippen LogP contribution in [-0.4, -0.2) is 24.6 Å². The number of carbonyl (C=O) groups is 1. The molecule has 0 saturated carbocycles. The summed E-state index contributed by atoms with van der Waals surface area (Å²) in [5.41, 5.74) is 3.82. The number of methoxy groups -OCH3 is 1. The minimum atomic E-state index is -0.314. The van der Waals surface area contributed by atoms with Crippen molar-refractivity contribution in [3.05, 3.63) is 71.1 Å². The zero-order valence-electron chi connectivity index (χ0n) is 14.3. The lowest BCUT2D eigenvalue weighted by atomic mass is 10.1. The molecule has 0 radical (unpaired) electrons. The molecule has 0 fully saturated rings. The molecule has 1 heterocycles. The Hall–Kier alpha value is -2.66. The topological polar surface area (TPSA) is 42.4 Å². The fraction of sp³-hybridized carbons (Fsp3) is 0.200. The van der Waals surface area contributed by atoms with Crippen LogP contribution in [0.3, 0.4) is 0 Å². The van der Waals surface area contributed by atoms with Gasteiger partial charge in [0.1, 0.15) is 0 Å². The average Bonchev–Trinajstić information content (AvgIpc) is 3.16. The van der Waals surface area contributed by atoms with Crippen molar-refractivity contribution in [2.75, 3.05) is 18.6 Å². The van der Waals surface area contributed by atoms with Gasteiger partial charge < -0.3 is 9.64 Å². The van der Waals surface area contributed by atoms with Gasteiger partial charge in [0, 0.05) is 24.0 Å². The molecule has 2 aromatic carbocycles. The van der Waals surface area contributed by atoms with Crippen molar-refractivity contribution in [1.29, 1.82) is 0 Å². The molecule has 3 rings (SSSR count). The van der Waals surface area contributed by atoms with Crippen LogP contribution in [0.4, 0.5) is 5.13 Å². The number of carbonyl (C=O) groups excluding carboxylic acids is 1. The van der Waals surface area contributed by atoms with E-state index in [2.05, 4.69) is 29.3 Å². The lowest BCUT2D eigenvalue weighted by molar-refractivity contribution is 0.0600. The number of anilines is 1. The molecular formula is C20H20N2O2S. The van der Waals surface area contributed by atoms with Crippen LogP contribution in [0.15, 0.2) is 60.0 Å². The van der Waals surface area contributed by atoms with E-state index in [-0.39, 0.29) is 5.97 Å². The molecule has 0 saturated heterocycles. The summed E-state index contributed by atoms with van der Waals surface area (Å²) >= 11 is 1.65. The molecule has 1 aromatic heterocycles. The van der Waals surface area contributed by atoms with Crippen molar-refractivity contribution >= 4 is 22.4 Å². The molecule has 0 aliphatic heterocycles. The van der Waals surface area contributed by atoms with E-state index in [1.165, 1.54) is 7.11 Å². The van der Waals surface area contributed by atoms with Gasteiger partial charge in [-0.15, -0.1) is 11.3 Å². The first-order valence-electron chi connectivity index (χ1n) is 8.14. The van der Waals surface area contributed by atoms with Crippen molar-refractivity contribution < 1.29 is 9.53 Å². The Morgan fingerprint density at radius 3 is 2.48 bits per heavy atom. The van der Waals surface area contributed by atoms with Crippen molar-refractivity contribution in [3.63, 3.8) is 0 Å². The molecule has 0 aliphatic carbocycles. The van der Waals surface area contributed by atoms with Gasteiger partial charge in [-0.2, -0.15) is 0 Å². The maximum Gasteiger partial charge on any atom is 0.337 e. The first kappa shape index (κ1) is 17.2. The standard InChI is InChI=1S/C20H20N2O2S/c1-3-22(13-15-9-11-17(12-10-15)19(23)24-2)20-21-18(14-25-20)16-7-5-4-6-8-16/h4-12,14H,3,13H2,1-2H3. The van der Waals surface area contributed by atoms with Gasteiger partial charge in [0.05, 0.1) is 18.4 Å². The molecule has 0 unspecified atom stereocenters. The maximum absolute atomic E-state index is 11.5. The normalized spacial score (nSPS) is 10.5. The Labute approximate surface area is 151 Å². The Balaban J connectivity index is 1.75. The van der Waals surface area contributed by atoms with Crippen LogP contribution >= 0.6 is 11.3 Å². The SMILES string of the molecule is CCN(Cc1ccc(C(=O)OC)cc1)c1nc(-c2ccccc2)cs1. The number of hydrogen-bond acceptors (Lipinski definition) is 5. The fourth-order valence-corrected chi connectivity index (χ4v) is 3.45. The van der Waals surface area contributed by atoms with Crippen LogP contribution in [0.1, 0.15) is 22.8 Å². The monoisotopic (exact) mass is 352 g/mol. The predicted molar refractivity (Wildman–Crippen MR) is 102 cm³/mol. The lowest BCUT2D eigenvalue weighted by Gasteiger charge is -2.20. The molecule has 0 amide bonds. The van der Waals surface area contributed by atoms with Gasteiger partial charge >= 0.3 is 5.97 Å². The zero-order chi connectivity index (χ0) is 17.6. The highest BCUT2D eigenvalue weighted by Gasteiger charge is 2.12. The third kappa shape index (κ3) is 4.06. The maximum atomic E-state index is 11.5. The van der Waals surface area contributed by atoms with Crippen molar-refractivity contribution in [2.24, 2.45) is 0 Å². The Bertz CT molecular complexity index is 828. The highest BCUT2D eigenvalue weighted by Crippen LogP contribution is 2.28. The minimum Gasteiger partial charge on any atom is -0.465 e. The number of esters is 1. The molecule has 0 atom stereocenters. The summed E-state index contributed by atoms with van der Waals surface area (Å²) in [5.74, 6) is -0.314. The quantitative estimate of drug-likeness (QED) is 0.607. The Morgan fingerprint density at radius 2 is 1.84 bits per heavy atom. The number of hydrogen-bond donors (Lipinski definition) is 0. The van der Waals surface area contributed by atoms with E-state index in [0.29, 0.717) is 5.56 Å². The first-order chi connectivity index (χ1) is 12.2. The van der Waals surface area contributed by atoms with E-state index in [0.717, 1.165) is 35.0 Å². The number of aromatic nitrogens is 1. The van der Waals surface area contributed by atoms with E-state index >= 15 is 0 Å². The van der Waals surface area contributed by atoms with Gasteiger partial charge in [0.25, 0.3) is 0 Å². The summed E-state index contributed by atoms with van der Waals surface area (Å²) in [6.45, 7) is 3.73. The average molecular weight is 352 g/mol. The first-order valence-corrected chi connectivity index (χ1v) is 9.02. The summed E-state index contributed by atoms with van der Waals surface area (Å²) < 4.78 is 4.73. The summed E-state index contributed by atoms with van der Waals surface area (Å²) in [5, 5.41) is 3.09. The molecule has 0 bridgehead atoms. The minimum absolute atomic E-state index is 0.314. The zero-order valence-corrected chi connectivity index (χ0v) is 15.1. The van der Waals surface area contributed by atoms with E-state index in [1.54, 1.807) is 23.5 Å². The van der Waals surface area contributed by atoms with Crippen LogP contribution < -0.4 is 4.90 Å². The van der Waals surface area contributed by atoms with Crippen LogP contribution in [0.25, 0.3) is 11.3 Å². The third-order valence-corrected chi connectivity index (χ3v) is 4.86. The summed E-state index contributed by atoms with van der Waals surface area (Å²) in [6, 6.07) is 17.7. The van der Waals surface area contributed by atoms with Crippen molar-refractivity contribution in [3.8, 4) is 11.3 Å². The van der Waals surface area contributed by atoms with Crippen LogP contribution in [0.2, 0.25) is 0 Å². The van der Waals surface area contributed by atoms with Crippen molar-refractivity contribution in [2.45, 2.75) is 13.5 Å². The summed E-state index contributed by atoms with van der Waals surface area (Å²) in [6.07, 6.45) is 0. The number of rotatable bonds is 6. The van der Waals surface area contributed by atoms with Gasteiger partial charge in [0.15, 0.2) is 5.13 Å². The summed E-state index contributed by atoms with van der Waals surface area (Å²) in [4.78, 5) is 18.5. The number of thiazole rings is 1. The number of benzene rings is 2. The van der Waals surface area contributed by atoms with Gasteiger partial charge in [0.2, 0.25) is 0 Å². The van der Waals surface area contributed by atoms with Gasteiger partial charge in [-0.3, -0.25) is 0 Å². The summed E-state index contributed by atoms with van der Waals surface area (Å²) in [7, 11) is 1.39. The van der Waals surface area contributed by atoms with E-state index in [1.807, 2.05) is 30.3 Å². The lowest BCUT2D eigenvalue weighted by Crippen LogP contribution is -2.21. The van der Waals surface area contributed by atoms with E-state index in [4.69, 9.17) is 9.72 Å². The third-order valence-electron chi connectivity index (χ3n) is 3.96. The van der Waals surface area contributed by atoms with Gasteiger partial charge in [-0.05, 0) is 24.6 Å². The number of nitrogens with zero attached hydrogens (tertiary/aromatic N) is 2. The number of ether oxygens (including phenoxy) is 1. The Morgan fingerprint density at radius 1 is 1.12 bits per heavy atom. The predicted octanol–water partition coefficient (Wildman–Crippen LogP) is 4.62. The molecular weight excluding hydrogens is 332 g/mol. The van der Waals surface area contributed by atoms with Crippen LogP contribution in [0, 0.1) is 0 Å². The highest BCUT2D eigenvalue weighted by atomic mass is 32.1. The van der Waals surface area contributed by atoms with E-state index in [9.17, 15) is 4.79 Å². The second-order valence-electron chi connectivity index (χ2n) is 5.58. The van der Waals surface area contributed by atoms with Crippen molar-refractivity contribution in [1.82, 2.24) is 4.98 Å². The van der Waals surface area contributed by atoms with Crippen LogP contribution in [0.5, 0.6) is 0 Å².